The van der Waals surface area contributed by atoms with Gasteiger partial charge in [-0.15, -0.1) is 0 Å². The predicted molar refractivity (Wildman–Crippen MR) is 80.2 cm³/mol. The van der Waals surface area contributed by atoms with Gasteiger partial charge < -0.3 is 10.4 Å². The molecule has 0 aliphatic heterocycles. The van der Waals surface area contributed by atoms with Gasteiger partial charge in [-0.25, -0.2) is 13.1 Å². The van der Waals surface area contributed by atoms with Crippen molar-refractivity contribution < 1.29 is 18.3 Å². The zero-order valence-corrected chi connectivity index (χ0v) is 13.3. The number of sulfonamides is 1. The van der Waals surface area contributed by atoms with Crippen LogP contribution in [0.5, 0.6) is 0 Å². The molecule has 7 heteroatoms. The van der Waals surface area contributed by atoms with Gasteiger partial charge in [0.15, 0.2) is 0 Å². The largest absolute Gasteiger partial charge is 0.389 e. The van der Waals surface area contributed by atoms with Gasteiger partial charge >= 0.3 is 0 Å². The quantitative estimate of drug-likeness (QED) is 0.698. The maximum atomic E-state index is 12.1. The Morgan fingerprint density at radius 3 is 2.52 bits per heavy atom. The Kier molecular flexibility index (Phi) is 6.32. The Morgan fingerprint density at radius 2 is 1.95 bits per heavy atom. The number of hydrogen-bond acceptors (Lipinski definition) is 4. The van der Waals surface area contributed by atoms with Crippen LogP contribution in [0.15, 0.2) is 29.2 Å². The number of aliphatic hydroxyl groups excluding tert-OH is 1. The van der Waals surface area contributed by atoms with Crippen LogP contribution in [0.4, 0.5) is 0 Å². The number of carbonyl (C=O) groups excluding carboxylic acids is 1. The lowest BCUT2D eigenvalue weighted by Gasteiger charge is -2.11. The maximum Gasteiger partial charge on any atom is 0.240 e. The standard InChI is InChI=1S/C14H22N2O4S/c1-10(2)16-14(18)7-8-15-21(19,20)13-6-4-5-12(9-13)11(3)17/h4-6,9-11,15,17H,7-8H2,1-3H3,(H,16,18). The van der Waals surface area contributed by atoms with Gasteiger partial charge in [-0.3, -0.25) is 4.79 Å². The van der Waals surface area contributed by atoms with E-state index in [0.29, 0.717) is 5.56 Å². The molecular weight excluding hydrogens is 292 g/mol. The van der Waals surface area contributed by atoms with E-state index in [1.54, 1.807) is 19.1 Å². The highest BCUT2D eigenvalue weighted by atomic mass is 32.2. The van der Waals surface area contributed by atoms with Gasteiger partial charge in [0.2, 0.25) is 15.9 Å². The van der Waals surface area contributed by atoms with Crippen LogP contribution in [-0.4, -0.2) is 32.0 Å². The van der Waals surface area contributed by atoms with Crippen molar-refractivity contribution in [2.24, 2.45) is 0 Å². The molecule has 1 atom stereocenters. The predicted octanol–water partition coefficient (Wildman–Crippen LogP) is 0.933. The molecule has 0 heterocycles. The molecule has 1 aromatic rings. The van der Waals surface area contributed by atoms with Crippen LogP contribution in [0.2, 0.25) is 0 Å². The zero-order valence-electron chi connectivity index (χ0n) is 12.5. The van der Waals surface area contributed by atoms with E-state index in [2.05, 4.69) is 10.0 Å². The molecular formula is C14H22N2O4S. The number of nitrogens with one attached hydrogen (secondary N) is 2. The van der Waals surface area contributed by atoms with Gasteiger partial charge in [-0.1, -0.05) is 12.1 Å². The molecule has 0 aliphatic rings. The second kappa shape index (κ2) is 7.53. The summed E-state index contributed by atoms with van der Waals surface area (Å²) in [6, 6.07) is 6.11. The highest BCUT2D eigenvalue weighted by Crippen LogP contribution is 2.16. The van der Waals surface area contributed by atoms with Gasteiger partial charge in [0, 0.05) is 19.0 Å². The molecule has 1 unspecified atom stereocenters. The van der Waals surface area contributed by atoms with Crippen molar-refractivity contribution in [3.05, 3.63) is 29.8 Å². The lowest BCUT2D eigenvalue weighted by atomic mass is 10.1. The summed E-state index contributed by atoms with van der Waals surface area (Å²) in [4.78, 5) is 11.5. The molecule has 1 amide bonds. The number of carbonyl (C=O) groups is 1. The van der Waals surface area contributed by atoms with Gasteiger partial charge in [0.05, 0.1) is 11.0 Å². The Balaban J connectivity index is 2.66. The molecule has 0 fully saturated rings. The smallest absolute Gasteiger partial charge is 0.240 e. The van der Waals surface area contributed by atoms with Crippen molar-refractivity contribution in [3.8, 4) is 0 Å². The van der Waals surface area contributed by atoms with Crippen molar-refractivity contribution in [1.82, 2.24) is 10.0 Å². The van der Waals surface area contributed by atoms with Gasteiger partial charge in [-0.05, 0) is 38.5 Å². The summed E-state index contributed by atoms with van der Waals surface area (Å²) in [6.45, 7) is 5.27. The summed E-state index contributed by atoms with van der Waals surface area (Å²) in [7, 11) is -3.68. The van der Waals surface area contributed by atoms with Gasteiger partial charge in [0.25, 0.3) is 0 Å². The highest BCUT2D eigenvalue weighted by Gasteiger charge is 2.15. The first kappa shape index (κ1) is 17.6. The molecule has 1 rings (SSSR count). The monoisotopic (exact) mass is 314 g/mol. The minimum Gasteiger partial charge on any atom is -0.389 e. The third-order valence-corrected chi connectivity index (χ3v) is 4.20. The highest BCUT2D eigenvalue weighted by molar-refractivity contribution is 7.89. The molecule has 0 saturated carbocycles. The summed E-state index contributed by atoms with van der Waals surface area (Å²) in [6.07, 6.45) is -0.662. The average molecular weight is 314 g/mol. The first-order chi connectivity index (χ1) is 9.72. The Bertz CT molecular complexity index is 582. The van der Waals surface area contributed by atoms with Crippen LogP contribution >= 0.6 is 0 Å². The van der Waals surface area contributed by atoms with Crippen LogP contribution in [0.1, 0.15) is 38.9 Å². The minimum absolute atomic E-state index is 0.0248. The van der Waals surface area contributed by atoms with Crippen molar-refractivity contribution in [2.45, 2.75) is 44.2 Å². The van der Waals surface area contributed by atoms with Crippen LogP contribution in [0.25, 0.3) is 0 Å². The summed E-state index contributed by atoms with van der Waals surface area (Å²) in [5.74, 6) is -0.203. The van der Waals surface area contributed by atoms with E-state index in [1.165, 1.54) is 12.1 Å². The fraction of sp³-hybridized carbons (Fsp3) is 0.500. The Morgan fingerprint density at radius 1 is 1.29 bits per heavy atom. The summed E-state index contributed by atoms with van der Waals surface area (Å²) in [5.41, 5.74) is 0.524. The first-order valence-electron chi connectivity index (χ1n) is 6.79. The fourth-order valence-corrected chi connectivity index (χ4v) is 2.80. The summed E-state index contributed by atoms with van der Waals surface area (Å²) in [5, 5.41) is 12.2. The molecule has 0 saturated heterocycles. The number of benzene rings is 1. The molecule has 21 heavy (non-hydrogen) atoms. The molecule has 0 radical (unpaired) electrons. The maximum absolute atomic E-state index is 12.1. The molecule has 0 aliphatic carbocycles. The Hall–Kier alpha value is -1.44. The second-order valence-electron chi connectivity index (χ2n) is 5.12. The first-order valence-corrected chi connectivity index (χ1v) is 8.27. The zero-order chi connectivity index (χ0) is 16.0. The van der Waals surface area contributed by atoms with Crippen molar-refractivity contribution in [3.63, 3.8) is 0 Å². The third-order valence-electron chi connectivity index (χ3n) is 2.74. The van der Waals surface area contributed by atoms with E-state index in [9.17, 15) is 18.3 Å². The van der Waals surface area contributed by atoms with E-state index < -0.39 is 16.1 Å². The lowest BCUT2D eigenvalue weighted by molar-refractivity contribution is -0.121. The topological polar surface area (TPSA) is 95.5 Å². The molecule has 3 N–H and O–H groups in total. The number of amides is 1. The van der Waals surface area contributed by atoms with Crippen LogP contribution in [-0.2, 0) is 14.8 Å². The van der Waals surface area contributed by atoms with Crippen molar-refractivity contribution in [2.75, 3.05) is 6.54 Å². The van der Waals surface area contributed by atoms with E-state index >= 15 is 0 Å². The molecule has 1 aromatic carbocycles. The van der Waals surface area contributed by atoms with Crippen LogP contribution in [0.3, 0.4) is 0 Å². The van der Waals surface area contributed by atoms with Crippen molar-refractivity contribution in [1.29, 1.82) is 0 Å². The second-order valence-corrected chi connectivity index (χ2v) is 6.89. The van der Waals surface area contributed by atoms with Crippen LogP contribution < -0.4 is 10.0 Å². The minimum atomic E-state index is -3.68. The molecule has 6 nitrogen and oxygen atoms in total. The molecule has 0 aromatic heterocycles. The lowest BCUT2D eigenvalue weighted by Crippen LogP contribution is -2.34. The third kappa shape index (κ3) is 5.82. The normalized spacial score (nSPS) is 13.2. The van der Waals surface area contributed by atoms with Crippen molar-refractivity contribution >= 4 is 15.9 Å². The van der Waals surface area contributed by atoms with E-state index in [4.69, 9.17) is 0 Å². The molecule has 118 valence electrons. The number of hydrogen-bond donors (Lipinski definition) is 3. The average Bonchev–Trinajstić information content (AvgIpc) is 2.37. The SMILES string of the molecule is CC(C)NC(=O)CCNS(=O)(=O)c1cccc(C(C)O)c1. The number of aliphatic hydroxyl groups is 1. The molecule has 0 bridgehead atoms. The van der Waals surface area contributed by atoms with Gasteiger partial charge in [0.1, 0.15) is 0 Å². The number of rotatable bonds is 7. The van der Waals surface area contributed by atoms with E-state index in [1.807, 2.05) is 13.8 Å². The van der Waals surface area contributed by atoms with Crippen LogP contribution in [0, 0.1) is 0 Å². The molecule has 0 spiro atoms. The van der Waals surface area contributed by atoms with E-state index in [-0.39, 0.29) is 29.8 Å². The Labute approximate surface area is 125 Å². The fourth-order valence-electron chi connectivity index (χ4n) is 1.72. The van der Waals surface area contributed by atoms with Gasteiger partial charge in [-0.2, -0.15) is 0 Å². The van der Waals surface area contributed by atoms with E-state index in [0.717, 1.165) is 0 Å². The summed E-state index contributed by atoms with van der Waals surface area (Å²) >= 11 is 0. The summed E-state index contributed by atoms with van der Waals surface area (Å²) < 4.78 is 26.5.